The number of aromatic nitrogens is 2. The van der Waals surface area contributed by atoms with Gasteiger partial charge in [-0.15, -0.1) is 0 Å². The third-order valence-corrected chi connectivity index (χ3v) is 3.91. The lowest BCUT2D eigenvalue weighted by Gasteiger charge is -2.07. The van der Waals surface area contributed by atoms with Crippen molar-refractivity contribution in [2.24, 2.45) is 0 Å². The minimum absolute atomic E-state index is 0.487. The summed E-state index contributed by atoms with van der Waals surface area (Å²) in [4.78, 5) is 8.78. The molecule has 4 heteroatoms. The van der Waals surface area contributed by atoms with E-state index in [2.05, 4.69) is 41.2 Å². The van der Waals surface area contributed by atoms with Gasteiger partial charge in [0.05, 0.1) is 24.7 Å². The van der Waals surface area contributed by atoms with Crippen LogP contribution in [0.15, 0.2) is 60.9 Å². The van der Waals surface area contributed by atoms with Crippen LogP contribution in [0.3, 0.4) is 0 Å². The van der Waals surface area contributed by atoms with Crippen molar-refractivity contribution >= 4 is 0 Å². The number of hydrogen-bond acceptors (Lipinski definition) is 4. The second kappa shape index (κ2) is 8.29. The van der Waals surface area contributed by atoms with E-state index in [0.717, 1.165) is 29.0 Å². The molecule has 0 unspecified atom stereocenters. The van der Waals surface area contributed by atoms with Crippen molar-refractivity contribution in [2.45, 2.75) is 26.9 Å². The zero-order chi connectivity index (χ0) is 17.5. The number of benzene rings is 2. The van der Waals surface area contributed by atoms with Crippen LogP contribution in [-0.2, 0) is 13.0 Å². The molecule has 0 spiro atoms. The fourth-order valence-electron chi connectivity index (χ4n) is 2.46. The smallest absolute Gasteiger partial charge is 0.232 e. The zero-order valence-corrected chi connectivity index (χ0v) is 14.6. The van der Waals surface area contributed by atoms with E-state index in [1.54, 1.807) is 12.4 Å². The number of aryl methyl sites for hydroxylation is 1. The molecule has 0 fully saturated rings. The van der Waals surface area contributed by atoms with Gasteiger partial charge in [-0.25, -0.2) is 9.97 Å². The summed E-state index contributed by atoms with van der Waals surface area (Å²) >= 11 is 0. The Morgan fingerprint density at radius 2 is 1.48 bits per heavy atom. The monoisotopic (exact) mass is 334 g/mol. The number of ether oxygens (including phenoxy) is 2. The molecule has 0 saturated carbocycles. The van der Waals surface area contributed by atoms with Crippen molar-refractivity contribution in [1.82, 2.24) is 9.97 Å². The summed E-state index contributed by atoms with van der Waals surface area (Å²) in [5, 5.41) is 0. The summed E-state index contributed by atoms with van der Waals surface area (Å²) in [6.07, 6.45) is 4.43. The minimum atomic E-state index is 0.487. The van der Waals surface area contributed by atoms with Gasteiger partial charge in [-0.05, 0) is 48.7 Å². The lowest BCUT2D eigenvalue weighted by atomic mass is 10.1. The van der Waals surface area contributed by atoms with Crippen molar-refractivity contribution in [2.75, 3.05) is 6.61 Å². The van der Waals surface area contributed by atoms with Crippen LogP contribution in [0.4, 0.5) is 0 Å². The normalized spacial score (nSPS) is 10.5. The minimum Gasteiger partial charge on any atom is -0.494 e. The molecule has 2 aromatic carbocycles. The van der Waals surface area contributed by atoms with Gasteiger partial charge in [0.25, 0.3) is 0 Å². The Labute approximate surface area is 148 Å². The second-order valence-corrected chi connectivity index (χ2v) is 5.66. The predicted octanol–water partition coefficient (Wildman–Crippen LogP) is 4.68. The van der Waals surface area contributed by atoms with Gasteiger partial charge in [-0.2, -0.15) is 0 Å². The van der Waals surface area contributed by atoms with Gasteiger partial charge in [-0.1, -0.05) is 31.2 Å². The van der Waals surface area contributed by atoms with Crippen LogP contribution in [0, 0.1) is 0 Å². The molecule has 1 heterocycles. The molecule has 0 aliphatic carbocycles. The van der Waals surface area contributed by atoms with Crippen molar-refractivity contribution in [3.8, 4) is 22.9 Å². The third-order valence-electron chi connectivity index (χ3n) is 3.91. The fourth-order valence-corrected chi connectivity index (χ4v) is 2.46. The molecule has 4 nitrogen and oxygen atoms in total. The predicted molar refractivity (Wildman–Crippen MR) is 98.8 cm³/mol. The Morgan fingerprint density at radius 3 is 2.08 bits per heavy atom. The summed E-state index contributed by atoms with van der Waals surface area (Å²) in [7, 11) is 0. The lowest BCUT2D eigenvalue weighted by Crippen LogP contribution is -1.98. The maximum Gasteiger partial charge on any atom is 0.232 e. The van der Waals surface area contributed by atoms with Gasteiger partial charge in [0, 0.05) is 5.56 Å². The first kappa shape index (κ1) is 17.0. The molecule has 1 aromatic heterocycles. The van der Waals surface area contributed by atoms with Crippen LogP contribution in [0.2, 0.25) is 0 Å². The standard InChI is InChI=1S/C21H22N2O2/c1-3-16-5-7-17(8-6-16)15-25-21-14-22-20(13-23-21)18-9-11-19(12-10-18)24-4-2/h5-14H,3-4,15H2,1-2H3. The Morgan fingerprint density at radius 1 is 0.760 bits per heavy atom. The first-order valence-corrected chi connectivity index (χ1v) is 8.54. The number of hydrogen-bond donors (Lipinski definition) is 0. The largest absolute Gasteiger partial charge is 0.494 e. The van der Waals surface area contributed by atoms with E-state index in [0.29, 0.717) is 19.1 Å². The molecule has 0 atom stereocenters. The van der Waals surface area contributed by atoms with Crippen LogP contribution in [0.5, 0.6) is 11.6 Å². The first-order chi connectivity index (χ1) is 12.3. The topological polar surface area (TPSA) is 44.2 Å². The van der Waals surface area contributed by atoms with E-state index in [1.165, 1.54) is 5.56 Å². The van der Waals surface area contributed by atoms with Gasteiger partial charge < -0.3 is 9.47 Å². The summed E-state index contributed by atoms with van der Waals surface area (Å²) in [5.74, 6) is 1.38. The van der Waals surface area contributed by atoms with Crippen molar-refractivity contribution in [1.29, 1.82) is 0 Å². The van der Waals surface area contributed by atoms with E-state index in [9.17, 15) is 0 Å². The molecule has 0 aliphatic heterocycles. The summed E-state index contributed by atoms with van der Waals surface area (Å²) in [6.45, 7) is 5.26. The average Bonchev–Trinajstić information content (AvgIpc) is 2.68. The van der Waals surface area contributed by atoms with Crippen LogP contribution in [0.25, 0.3) is 11.3 Å². The average molecular weight is 334 g/mol. The van der Waals surface area contributed by atoms with E-state index >= 15 is 0 Å². The van der Waals surface area contributed by atoms with Crippen LogP contribution >= 0.6 is 0 Å². The molecule has 0 amide bonds. The van der Waals surface area contributed by atoms with Gasteiger partial charge >= 0.3 is 0 Å². The molecule has 128 valence electrons. The molecule has 3 aromatic rings. The molecule has 25 heavy (non-hydrogen) atoms. The highest BCUT2D eigenvalue weighted by Gasteiger charge is 2.03. The molecule has 0 aliphatic rings. The van der Waals surface area contributed by atoms with Crippen LogP contribution in [0.1, 0.15) is 25.0 Å². The quantitative estimate of drug-likeness (QED) is 0.629. The Bertz CT molecular complexity index is 782. The van der Waals surface area contributed by atoms with Crippen molar-refractivity contribution < 1.29 is 9.47 Å². The SMILES string of the molecule is CCOc1ccc(-c2cnc(OCc3ccc(CC)cc3)cn2)cc1. The Kier molecular flexibility index (Phi) is 5.62. The number of nitrogens with zero attached hydrogens (tertiary/aromatic N) is 2. The first-order valence-electron chi connectivity index (χ1n) is 8.54. The fraction of sp³-hybridized carbons (Fsp3) is 0.238. The summed E-state index contributed by atoms with van der Waals surface area (Å²) in [6, 6.07) is 16.2. The summed E-state index contributed by atoms with van der Waals surface area (Å²) < 4.78 is 11.2. The van der Waals surface area contributed by atoms with E-state index in [-0.39, 0.29) is 0 Å². The highest BCUT2D eigenvalue weighted by molar-refractivity contribution is 5.59. The molecular formula is C21H22N2O2. The molecule has 3 rings (SSSR count). The molecule has 0 saturated heterocycles. The molecule has 0 radical (unpaired) electrons. The van der Waals surface area contributed by atoms with Gasteiger partial charge in [0.15, 0.2) is 0 Å². The highest BCUT2D eigenvalue weighted by Crippen LogP contribution is 2.21. The number of rotatable bonds is 7. The molecule has 0 bridgehead atoms. The van der Waals surface area contributed by atoms with E-state index in [4.69, 9.17) is 9.47 Å². The second-order valence-electron chi connectivity index (χ2n) is 5.66. The van der Waals surface area contributed by atoms with Crippen LogP contribution in [-0.4, -0.2) is 16.6 Å². The van der Waals surface area contributed by atoms with E-state index < -0.39 is 0 Å². The summed E-state index contributed by atoms with van der Waals surface area (Å²) in [5.41, 5.74) is 4.25. The van der Waals surface area contributed by atoms with Crippen molar-refractivity contribution in [3.05, 3.63) is 72.1 Å². The molecule has 0 N–H and O–H groups in total. The van der Waals surface area contributed by atoms with Crippen molar-refractivity contribution in [3.63, 3.8) is 0 Å². The highest BCUT2D eigenvalue weighted by atomic mass is 16.5. The van der Waals surface area contributed by atoms with E-state index in [1.807, 2.05) is 31.2 Å². The maximum absolute atomic E-state index is 5.71. The maximum atomic E-state index is 5.71. The van der Waals surface area contributed by atoms with Gasteiger partial charge in [0.1, 0.15) is 12.4 Å². The van der Waals surface area contributed by atoms with Crippen LogP contribution < -0.4 is 9.47 Å². The zero-order valence-electron chi connectivity index (χ0n) is 14.6. The Balaban J connectivity index is 1.61. The lowest BCUT2D eigenvalue weighted by molar-refractivity contribution is 0.292. The van der Waals surface area contributed by atoms with Gasteiger partial charge in [0.2, 0.25) is 5.88 Å². The van der Waals surface area contributed by atoms with Gasteiger partial charge in [-0.3, -0.25) is 0 Å². The third kappa shape index (κ3) is 4.57. The molecular weight excluding hydrogens is 312 g/mol. The Hall–Kier alpha value is -2.88.